The molecule has 0 radical (unpaired) electrons. The Morgan fingerprint density at radius 1 is 1.15 bits per heavy atom. The Labute approximate surface area is 172 Å². The number of likely N-dealkylation sites (tertiary alicyclic amines) is 1. The van der Waals surface area contributed by atoms with E-state index in [1.54, 1.807) is 11.3 Å². The van der Waals surface area contributed by atoms with Crippen molar-refractivity contribution in [2.24, 2.45) is 5.92 Å². The summed E-state index contributed by atoms with van der Waals surface area (Å²) in [5.74, 6) is 1.40. The number of benzene rings is 1. The number of aromatic nitrogens is 2. The number of likely N-dealkylation sites (N-methyl/N-ethyl adjacent to an activating group) is 1. The summed E-state index contributed by atoms with van der Waals surface area (Å²) < 4.78 is 3.53. The highest BCUT2D eigenvalue weighted by Crippen LogP contribution is 2.45. The maximum atomic E-state index is 5.16. The zero-order valence-corrected chi connectivity index (χ0v) is 17.8. The van der Waals surface area contributed by atoms with Crippen LogP contribution in [-0.2, 0) is 6.42 Å². The number of piperidine rings is 1. The summed E-state index contributed by atoms with van der Waals surface area (Å²) in [6, 6.07) is 13.1. The topological polar surface area (TPSA) is 21.1 Å². The molecule has 2 atom stereocenters. The van der Waals surface area contributed by atoms with Gasteiger partial charge in [0.2, 0.25) is 0 Å². The molecule has 1 aliphatic heterocycles. The summed E-state index contributed by atoms with van der Waals surface area (Å²) in [5, 5.41) is 7.31. The highest BCUT2D eigenvalue weighted by atomic mass is 127. The molecule has 1 saturated heterocycles. The zero-order chi connectivity index (χ0) is 17.7. The fourth-order valence-electron chi connectivity index (χ4n) is 4.63. The predicted octanol–water partition coefficient (Wildman–Crippen LogP) is 5.19. The van der Waals surface area contributed by atoms with Gasteiger partial charge in [-0.3, -0.25) is 0 Å². The maximum Gasteiger partial charge on any atom is 0.106 e. The van der Waals surface area contributed by atoms with E-state index in [1.807, 2.05) is 0 Å². The second-order valence-corrected chi connectivity index (χ2v) is 9.73. The van der Waals surface area contributed by atoms with Gasteiger partial charge < -0.3 is 4.90 Å². The molecule has 134 valence electrons. The van der Waals surface area contributed by atoms with Crippen molar-refractivity contribution in [1.29, 1.82) is 0 Å². The van der Waals surface area contributed by atoms with Crippen molar-refractivity contribution < 1.29 is 0 Å². The van der Waals surface area contributed by atoms with Gasteiger partial charge in [-0.1, -0.05) is 6.07 Å². The van der Waals surface area contributed by atoms with E-state index >= 15 is 0 Å². The van der Waals surface area contributed by atoms with Gasteiger partial charge in [0.25, 0.3) is 0 Å². The van der Waals surface area contributed by atoms with Crippen LogP contribution in [0.3, 0.4) is 0 Å². The van der Waals surface area contributed by atoms with Crippen LogP contribution in [0, 0.1) is 9.49 Å². The third-order valence-corrected chi connectivity index (χ3v) is 7.52. The first-order valence-corrected chi connectivity index (χ1v) is 11.3. The molecule has 0 bridgehead atoms. The van der Waals surface area contributed by atoms with Crippen LogP contribution < -0.4 is 0 Å². The number of fused-ring (bicyclic) bond motifs is 3. The molecule has 0 saturated carbocycles. The number of nitrogens with zero attached hydrogens (tertiary/aromatic N) is 3. The molecule has 2 unspecified atom stereocenters. The molecule has 5 rings (SSSR count). The van der Waals surface area contributed by atoms with Gasteiger partial charge in [-0.2, -0.15) is 5.10 Å². The minimum Gasteiger partial charge on any atom is -0.306 e. The SMILES string of the molecule is CN1CCC2CCc3c(-c4cccs4)nn(-c4ccc(I)cc4)c3C2C1. The van der Waals surface area contributed by atoms with E-state index in [9.17, 15) is 0 Å². The van der Waals surface area contributed by atoms with Crippen LogP contribution in [0.5, 0.6) is 0 Å². The zero-order valence-electron chi connectivity index (χ0n) is 14.9. The van der Waals surface area contributed by atoms with Crippen LogP contribution in [0.4, 0.5) is 0 Å². The smallest absolute Gasteiger partial charge is 0.106 e. The predicted molar refractivity (Wildman–Crippen MR) is 116 cm³/mol. The van der Waals surface area contributed by atoms with E-state index in [4.69, 9.17) is 5.10 Å². The molecular formula is C21H22IN3S. The lowest BCUT2D eigenvalue weighted by Gasteiger charge is -2.40. The molecule has 5 heteroatoms. The molecule has 2 aromatic heterocycles. The normalized spacial score (nSPS) is 22.8. The molecule has 1 fully saturated rings. The molecule has 3 heterocycles. The average Bonchev–Trinajstić information content (AvgIpc) is 3.30. The summed E-state index contributed by atoms with van der Waals surface area (Å²) in [7, 11) is 2.26. The van der Waals surface area contributed by atoms with E-state index in [0.717, 1.165) is 18.9 Å². The molecule has 0 spiro atoms. The van der Waals surface area contributed by atoms with Crippen LogP contribution in [0.1, 0.15) is 30.0 Å². The first-order valence-electron chi connectivity index (χ1n) is 9.31. The van der Waals surface area contributed by atoms with Crippen molar-refractivity contribution >= 4 is 33.9 Å². The Bertz CT molecular complexity index is 914. The first-order chi connectivity index (χ1) is 12.7. The van der Waals surface area contributed by atoms with Crippen LogP contribution in [0.2, 0.25) is 0 Å². The summed E-state index contributed by atoms with van der Waals surface area (Å²) in [6.45, 7) is 2.38. The van der Waals surface area contributed by atoms with Crippen LogP contribution in [-0.4, -0.2) is 34.8 Å². The van der Waals surface area contributed by atoms with E-state index in [2.05, 4.69) is 81.0 Å². The van der Waals surface area contributed by atoms with Gasteiger partial charge in [0.05, 0.1) is 16.3 Å². The van der Waals surface area contributed by atoms with Crippen LogP contribution in [0.25, 0.3) is 16.3 Å². The van der Waals surface area contributed by atoms with E-state index in [-0.39, 0.29) is 0 Å². The lowest BCUT2D eigenvalue weighted by molar-refractivity contribution is 0.170. The summed E-state index contributed by atoms with van der Waals surface area (Å²) >= 11 is 4.17. The standard InChI is InChI=1S/C21H22IN3S/c1-24-11-10-14-4-9-17-20(19-3-2-12-26-19)23-25(21(17)18(14)13-24)16-7-5-15(22)6-8-16/h2-3,5-8,12,14,18H,4,9-11,13H2,1H3. The van der Waals surface area contributed by atoms with Gasteiger partial charge in [0.15, 0.2) is 0 Å². The van der Waals surface area contributed by atoms with Crippen molar-refractivity contribution in [3.63, 3.8) is 0 Å². The van der Waals surface area contributed by atoms with Crippen LogP contribution in [0.15, 0.2) is 41.8 Å². The monoisotopic (exact) mass is 475 g/mol. The minimum atomic E-state index is 0.595. The summed E-state index contributed by atoms with van der Waals surface area (Å²) in [4.78, 5) is 3.79. The van der Waals surface area contributed by atoms with Gasteiger partial charge >= 0.3 is 0 Å². The van der Waals surface area contributed by atoms with Crippen molar-refractivity contribution in [2.75, 3.05) is 20.1 Å². The van der Waals surface area contributed by atoms with Gasteiger partial charge in [-0.05, 0) is 97.1 Å². The summed E-state index contributed by atoms with van der Waals surface area (Å²) in [5.41, 5.74) is 5.36. The molecule has 3 nitrogen and oxygen atoms in total. The highest BCUT2D eigenvalue weighted by molar-refractivity contribution is 14.1. The molecule has 1 aromatic carbocycles. The average molecular weight is 475 g/mol. The first kappa shape index (κ1) is 17.0. The van der Waals surface area contributed by atoms with Gasteiger partial charge in [-0.15, -0.1) is 11.3 Å². The Morgan fingerprint density at radius 3 is 2.77 bits per heavy atom. The lowest BCUT2D eigenvalue weighted by Crippen LogP contribution is -2.39. The number of thiophene rings is 1. The largest absolute Gasteiger partial charge is 0.306 e. The van der Waals surface area contributed by atoms with Crippen LogP contribution >= 0.6 is 33.9 Å². The second-order valence-electron chi connectivity index (χ2n) is 7.53. The number of rotatable bonds is 2. The number of halogens is 1. The third-order valence-electron chi connectivity index (χ3n) is 5.92. The quantitative estimate of drug-likeness (QED) is 0.476. The molecule has 0 amide bonds. The molecule has 2 aliphatic rings. The Hall–Kier alpha value is -1.18. The molecule has 3 aromatic rings. The summed E-state index contributed by atoms with van der Waals surface area (Å²) in [6.07, 6.45) is 3.78. The molecular weight excluding hydrogens is 453 g/mol. The van der Waals surface area contributed by atoms with Crippen molar-refractivity contribution in [1.82, 2.24) is 14.7 Å². The van der Waals surface area contributed by atoms with Crippen molar-refractivity contribution in [2.45, 2.75) is 25.2 Å². The Kier molecular flexibility index (Phi) is 4.41. The Balaban J connectivity index is 1.70. The molecule has 1 aliphatic carbocycles. The third kappa shape index (κ3) is 2.84. The van der Waals surface area contributed by atoms with E-state index in [1.165, 1.54) is 50.5 Å². The number of hydrogen-bond acceptors (Lipinski definition) is 3. The second kappa shape index (κ2) is 6.77. The lowest BCUT2D eigenvalue weighted by atomic mass is 9.74. The van der Waals surface area contributed by atoms with Gasteiger partial charge in [0, 0.05) is 21.6 Å². The fourth-order valence-corrected chi connectivity index (χ4v) is 5.73. The minimum absolute atomic E-state index is 0.595. The van der Waals surface area contributed by atoms with Gasteiger partial charge in [0.1, 0.15) is 5.69 Å². The van der Waals surface area contributed by atoms with Gasteiger partial charge in [-0.25, -0.2) is 4.68 Å². The maximum absolute atomic E-state index is 5.16. The van der Waals surface area contributed by atoms with E-state index < -0.39 is 0 Å². The molecule has 26 heavy (non-hydrogen) atoms. The van der Waals surface area contributed by atoms with Crippen molar-refractivity contribution in [3.05, 3.63) is 56.6 Å². The fraction of sp³-hybridized carbons (Fsp3) is 0.381. The highest BCUT2D eigenvalue weighted by Gasteiger charge is 2.38. The Morgan fingerprint density at radius 2 is 2.00 bits per heavy atom. The molecule has 0 N–H and O–H groups in total. The number of hydrogen-bond donors (Lipinski definition) is 0. The van der Waals surface area contributed by atoms with E-state index in [0.29, 0.717) is 5.92 Å². The van der Waals surface area contributed by atoms with Crippen molar-refractivity contribution in [3.8, 4) is 16.3 Å².